The smallest absolute Gasteiger partial charge is 0.224 e. The molecule has 2 aliphatic rings. The van der Waals surface area contributed by atoms with Crippen molar-refractivity contribution in [2.24, 2.45) is 13.0 Å². The molecule has 1 aromatic carbocycles. The van der Waals surface area contributed by atoms with E-state index in [2.05, 4.69) is 50.6 Å². The summed E-state index contributed by atoms with van der Waals surface area (Å²) in [6.07, 6.45) is 5.51. The molecular weight excluding hydrogens is 314 g/mol. The van der Waals surface area contributed by atoms with Gasteiger partial charge in [0.15, 0.2) is 0 Å². The maximum atomic E-state index is 12.8. The van der Waals surface area contributed by atoms with Crippen molar-refractivity contribution in [1.29, 1.82) is 0 Å². The van der Waals surface area contributed by atoms with Crippen LogP contribution in [0.15, 0.2) is 36.7 Å². The van der Waals surface area contributed by atoms with Gasteiger partial charge in [-0.05, 0) is 31.4 Å². The number of rotatable bonds is 5. The molecule has 2 aliphatic heterocycles. The number of fused-ring (bicyclic) bond motifs is 1. The molecule has 0 saturated carbocycles. The van der Waals surface area contributed by atoms with Crippen LogP contribution in [0, 0.1) is 5.92 Å². The molecule has 2 saturated heterocycles. The molecule has 4 rings (SSSR count). The summed E-state index contributed by atoms with van der Waals surface area (Å²) in [5.41, 5.74) is 1.34. The minimum absolute atomic E-state index is 0.0900. The second kappa shape index (κ2) is 6.96. The van der Waals surface area contributed by atoms with Gasteiger partial charge in [0.1, 0.15) is 12.2 Å². The minimum Gasteiger partial charge on any atom is -0.355 e. The fraction of sp³-hybridized carbons (Fsp3) is 0.526. The van der Waals surface area contributed by atoms with Crippen molar-refractivity contribution in [3.05, 3.63) is 48.0 Å². The first-order chi connectivity index (χ1) is 12.2. The van der Waals surface area contributed by atoms with Crippen LogP contribution in [0.2, 0.25) is 0 Å². The Labute approximate surface area is 148 Å². The summed E-state index contributed by atoms with van der Waals surface area (Å²) in [7, 11) is 1.88. The van der Waals surface area contributed by atoms with Gasteiger partial charge in [-0.15, -0.1) is 0 Å². The van der Waals surface area contributed by atoms with Gasteiger partial charge in [0, 0.05) is 32.1 Å². The Morgan fingerprint density at radius 3 is 2.92 bits per heavy atom. The van der Waals surface area contributed by atoms with Gasteiger partial charge >= 0.3 is 0 Å². The predicted octanol–water partition coefficient (Wildman–Crippen LogP) is 1.70. The summed E-state index contributed by atoms with van der Waals surface area (Å²) in [6.45, 7) is 1.72. The molecule has 1 aromatic heterocycles. The van der Waals surface area contributed by atoms with Crippen molar-refractivity contribution in [2.45, 2.75) is 37.8 Å². The molecule has 1 N–H and O–H groups in total. The largest absolute Gasteiger partial charge is 0.355 e. The molecule has 25 heavy (non-hydrogen) atoms. The molecule has 6 heteroatoms. The Hall–Kier alpha value is -2.21. The van der Waals surface area contributed by atoms with Crippen LogP contribution in [0.3, 0.4) is 0 Å². The third-order valence-electron chi connectivity index (χ3n) is 5.66. The van der Waals surface area contributed by atoms with Crippen molar-refractivity contribution >= 4 is 5.91 Å². The van der Waals surface area contributed by atoms with Crippen LogP contribution in [0.25, 0.3) is 0 Å². The molecular formula is C19H25N5O. The molecule has 0 spiro atoms. The van der Waals surface area contributed by atoms with Gasteiger partial charge in [0.05, 0.1) is 5.92 Å². The number of hydrogen-bond acceptors (Lipinski definition) is 4. The molecule has 0 unspecified atom stereocenters. The van der Waals surface area contributed by atoms with E-state index < -0.39 is 0 Å². The molecule has 6 nitrogen and oxygen atoms in total. The number of aryl methyl sites for hydroxylation is 1. The van der Waals surface area contributed by atoms with Crippen LogP contribution in [0.5, 0.6) is 0 Å². The highest BCUT2D eigenvalue weighted by molar-refractivity contribution is 5.80. The summed E-state index contributed by atoms with van der Waals surface area (Å²) in [5, 5.41) is 7.19. The maximum Gasteiger partial charge on any atom is 0.224 e. The first-order valence-corrected chi connectivity index (χ1v) is 9.15. The Bertz CT molecular complexity index is 728. The molecule has 132 valence electrons. The zero-order chi connectivity index (χ0) is 17.2. The highest BCUT2D eigenvalue weighted by atomic mass is 16.2. The molecule has 3 heterocycles. The van der Waals surface area contributed by atoms with Gasteiger partial charge in [0.25, 0.3) is 0 Å². The summed E-state index contributed by atoms with van der Waals surface area (Å²) in [4.78, 5) is 19.5. The quantitative estimate of drug-likeness (QED) is 0.901. The Balaban J connectivity index is 1.40. The standard InChI is InChI=1S/C19H25N5O/c1-23-18(21-13-22-23)9-10-20-19(25)15-12-17(14-6-3-2-4-7-14)24-11-5-8-16(15)24/h2-4,6-7,13,15-17H,5,8-12H2,1H3,(H,20,25)/t15-,16+,17-/m1/s1. The van der Waals surface area contributed by atoms with E-state index in [1.807, 2.05) is 7.05 Å². The monoisotopic (exact) mass is 339 g/mol. The van der Waals surface area contributed by atoms with Crippen LogP contribution in [0.4, 0.5) is 0 Å². The van der Waals surface area contributed by atoms with Crippen molar-refractivity contribution < 1.29 is 4.79 Å². The first-order valence-electron chi connectivity index (χ1n) is 9.15. The second-order valence-electron chi connectivity index (χ2n) is 7.06. The maximum absolute atomic E-state index is 12.8. The lowest BCUT2D eigenvalue weighted by atomic mass is 9.93. The molecule has 0 radical (unpaired) electrons. The van der Waals surface area contributed by atoms with Gasteiger partial charge in [0.2, 0.25) is 5.91 Å². The number of aromatic nitrogens is 3. The van der Waals surface area contributed by atoms with E-state index in [9.17, 15) is 4.79 Å². The van der Waals surface area contributed by atoms with Crippen molar-refractivity contribution in [1.82, 2.24) is 25.0 Å². The average Bonchev–Trinajstić information content (AvgIpc) is 3.32. The Morgan fingerprint density at radius 2 is 2.16 bits per heavy atom. The van der Waals surface area contributed by atoms with Gasteiger partial charge in [-0.3, -0.25) is 14.4 Å². The normalized spacial score (nSPS) is 25.9. The zero-order valence-electron chi connectivity index (χ0n) is 14.6. The number of amides is 1. The number of carbonyl (C=O) groups is 1. The van der Waals surface area contributed by atoms with E-state index in [4.69, 9.17) is 0 Å². The average molecular weight is 339 g/mol. The Kier molecular flexibility index (Phi) is 4.53. The number of nitrogens with one attached hydrogen (secondary N) is 1. The zero-order valence-corrected chi connectivity index (χ0v) is 14.6. The number of carbonyl (C=O) groups excluding carboxylic acids is 1. The SMILES string of the molecule is Cn1ncnc1CCNC(=O)[C@@H]1C[C@H](c2ccccc2)N2CCC[C@@H]12. The van der Waals surface area contributed by atoms with Crippen molar-refractivity contribution in [3.8, 4) is 0 Å². The fourth-order valence-electron chi connectivity index (χ4n) is 4.43. The molecule has 2 aromatic rings. The fourth-order valence-corrected chi connectivity index (χ4v) is 4.43. The second-order valence-corrected chi connectivity index (χ2v) is 7.06. The lowest BCUT2D eigenvalue weighted by molar-refractivity contribution is -0.125. The third kappa shape index (κ3) is 3.18. The van der Waals surface area contributed by atoms with Crippen LogP contribution in [0.1, 0.15) is 36.7 Å². The van der Waals surface area contributed by atoms with Crippen LogP contribution in [-0.2, 0) is 18.3 Å². The Morgan fingerprint density at radius 1 is 1.32 bits per heavy atom. The minimum atomic E-state index is 0.0900. The summed E-state index contributed by atoms with van der Waals surface area (Å²) < 4.78 is 1.76. The van der Waals surface area contributed by atoms with Crippen LogP contribution in [-0.4, -0.2) is 44.7 Å². The lowest BCUT2D eigenvalue weighted by Crippen LogP contribution is -2.38. The van der Waals surface area contributed by atoms with E-state index >= 15 is 0 Å². The molecule has 3 atom stereocenters. The topological polar surface area (TPSA) is 63.1 Å². The summed E-state index contributed by atoms with van der Waals surface area (Å²) in [5.74, 6) is 1.18. The van der Waals surface area contributed by atoms with E-state index in [-0.39, 0.29) is 11.8 Å². The van der Waals surface area contributed by atoms with Gasteiger partial charge in [-0.1, -0.05) is 30.3 Å². The molecule has 0 aliphatic carbocycles. The van der Waals surface area contributed by atoms with Crippen molar-refractivity contribution in [2.75, 3.05) is 13.1 Å². The number of nitrogens with zero attached hydrogens (tertiary/aromatic N) is 4. The summed E-state index contributed by atoms with van der Waals surface area (Å²) in [6, 6.07) is 11.4. The molecule has 2 fully saturated rings. The third-order valence-corrected chi connectivity index (χ3v) is 5.66. The van der Waals surface area contributed by atoms with E-state index in [1.54, 1.807) is 11.0 Å². The van der Waals surface area contributed by atoms with Gasteiger partial charge in [-0.25, -0.2) is 4.98 Å². The van der Waals surface area contributed by atoms with E-state index in [1.165, 1.54) is 12.0 Å². The van der Waals surface area contributed by atoms with E-state index in [0.29, 0.717) is 25.0 Å². The van der Waals surface area contributed by atoms with Crippen LogP contribution < -0.4 is 5.32 Å². The number of hydrogen-bond donors (Lipinski definition) is 1. The molecule has 0 bridgehead atoms. The summed E-state index contributed by atoms with van der Waals surface area (Å²) >= 11 is 0. The van der Waals surface area contributed by atoms with Gasteiger partial charge in [-0.2, -0.15) is 5.10 Å². The van der Waals surface area contributed by atoms with E-state index in [0.717, 1.165) is 25.2 Å². The molecule has 1 amide bonds. The number of benzene rings is 1. The highest BCUT2D eigenvalue weighted by Gasteiger charge is 2.46. The van der Waals surface area contributed by atoms with Gasteiger partial charge < -0.3 is 5.32 Å². The lowest BCUT2D eigenvalue weighted by Gasteiger charge is -2.24. The highest BCUT2D eigenvalue weighted by Crippen LogP contribution is 2.44. The van der Waals surface area contributed by atoms with Crippen LogP contribution >= 0.6 is 0 Å². The predicted molar refractivity (Wildman–Crippen MR) is 94.7 cm³/mol. The first kappa shape index (κ1) is 16.3. The van der Waals surface area contributed by atoms with Crippen molar-refractivity contribution in [3.63, 3.8) is 0 Å².